The number of halogens is 1. The van der Waals surface area contributed by atoms with Gasteiger partial charge in [0.1, 0.15) is 11.5 Å². The lowest BCUT2D eigenvalue weighted by molar-refractivity contribution is 0.622. The molecule has 0 saturated heterocycles. The Labute approximate surface area is 81.8 Å². The standard InChI is InChI=1S/C9H9FN2S/c10-7-5-8(11)9(12-6-7)3-1-2-4-13/h5-6,13H,2,4,11H2. The Morgan fingerprint density at radius 3 is 3.00 bits per heavy atom. The van der Waals surface area contributed by atoms with Crippen LogP contribution in [0.2, 0.25) is 0 Å². The van der Waals surface area contributed by atoms with E-state index < -0.39 is 5.82 Å². The molecule has 0 bridgehead atoms. The van der Waals surface area contributed by atoms with E-state index in [-0.39, 0.29) is 5.69 Å². The zero-order valence-corrected chi connectivity index (χ0v) is 7.81. The predicted octanol–water partition coefficient (Wildman–Crippen LogP) is 1.47. The van der Waals surface area contributed by atoms with Gasteiger partial charge in [0.25, 0.3) is 0 Å². The minimum atomic E-state index is -0.447. The van der Waals surface area contributed by atoms with Crippen LogP contribution in [-0.4, -0.2) is 10.7 Å². The molecule has 2 N–H and O–H groups in total. The maximum atomic E-state index is 12.5. The van der Waals surface area contributed by atoms with Crippen molar-refractivity contribution in [3.05, 3.63) is 23.8 Å². The molecular formula is C9H9FN2S. The van der Waals surface area contributed by atoms with E-state index in [2.05, 4.69) is 29.5 Å². The summed E-state index contributed by atoms with van der Waals surface area (Å²) in [6, 6.07) is 1.21. The van der Waals surface area contributed by atoms with Crippen molar-refractivity contribution >= 4 is 18.3 Å². The van der Waals surface area contributed by atoms with Crippen LogP contribution in [0.1, 0.15) is 12.1 Å². The van der Waals surface area contributed by atoms with Crippen LogP contribution in [0.15, 0.2) is 12.3 Å². The molecule has 0 atom stereocenters. The number of nitrogen functional groups attached to an aromatic ring is 1. The van der Waals surface area contributed by atoms with Crippen LogP contribution in [0.25, 0.3) is 0 Å². The van der Waals surface area contributed by atoms with Crippen LogP contribution in [0.4, 0.5) is 10.1 Å². The average Bonchev–Trinajstić information content (AvgIpc) is 2.09. The molecule has 68 valence electrons. The minimum absolute atomic E-state index is 0.270. The molecule has 0 aliphatic heterocycles. The third-order valence-electron chi connectivity index (χ3n) is 1.33. The molecule has 0 radical (unpaired) electrons. The van der Waals surface area contributed by atoms with Crippen molar-refractivity contribution in [2.75, 3.05) is 11.5 Å². The quantitative estimate of drug-likeness (QED) is 0.527. The van der Waals surface area contributed by atoms with E-state index in [4.69, 9.17) is 5.73 Å². The van der Waals surface area contributed by atoms with Gasteiger partial charge in [-0.25, -0.2) is 9.37 Å². The van der Waals surface area contributed by atoms with Crippen molar-refractivity contribution in [1.82, 2.24) is 4.98 Å². The molecule has 0 spiro atoms. The third kappa shape index (κ3) is 2.96. The Morgan fingerprint density at radius 2 is 2.38 bits per heavy atom. The Balaban J connectivity index is 2.85. The summed E-state index contributed by atoms with van der Waals surface area (Å²) >= 11 is 4.00. The number of nitrogens with two attached hydrogens (primary N) is 1. The molecule has 1 heterocycles. The number of anilines is 1. The van der Waals surface area contributed by atoms with E-state index >= 15 is 0 Å². The van der Waals surface area contributed by atoms with Gasteiger partial charge >= 0.3 is 0 Å². The van der Waals surface area contributed by atoms with Gasteiger partial charge < -0.3 is 5.73 Å². The second-order valence-electron chi connectivity index (χ2n) is 2.37. The molecule has 1 rings (SSSR count). The van der Waals surface area contributed by atoms with Crippen LogP contribution in [0.3, 0.4) is 0 Å². The maximum absolute atomic E-state index is 12.5. The van der Waals surface area contributed by atoms with Gasteiger partial charge in [-0.2, -0.15) is 12.6 Å². The lowest BCUT2D eigenvalue weighted by Crippen LogP contribution is -1.94. The predicted molar refractivity (Wildman–Crippen MR) is 54.0 cm³/mol. The number of pyridine rings is 1. The van der Waals surface area contributed by atoms with Crippen molar-refractivity contribution in [3.8, 4) is 11.8 Å². The molecule has 13 heavy (non-hydrogen) atoms. The third-order valence-corrected chi connectivity index (χ3v) is 1.55. The second-order valence-corrected chi connectivity index (χ2v) is 2.81. The van der Waals surface area contributed by atoms with Crippen molar-refractivity contribution in [1.29, 1.82) is 0 Å². The molecule has 0 aliphatic carbocycles. The van der Waals surface area contributed by atoms with E-state index in [1.165, 1.54) is 6.07 Å². The maximum Gasteiger partial charge on any atom is 0.143 e. The van der Waals surface area contributed by atoms with E-state index in [1.807, 2.05) is 0 Å². The molecule has 1 aromatic heterocycles. The zero-order valence-electron chi connectivity index (χ0n) is 6.92. The fourth-order valence-corrected chi connectivity index (χ4v) is 0.873. The summed E-state index contributed by atoms with van der Waals surface area (Å²) in [5.74, 6) is 5.80. The molecule has 1 aromatic rings. The Morgan fingerprint density at radius 1 is 1.62 bits per heavy atom. The molecule has 0 aromatic carbocycles. The molecule has 0 fully saturated rings. The van der Waals surface area contributed by atoms with E-state index in [0.717, 1.165) is 6.20 Å². The monoisotopic (exact) mass is 196 g/mol. The molecule has 0 aliphatic rings. The number of hydrogen-bond donors (Lipinski definition) is 2. The van der Waals surface area contributed by atoms with Gasteiger partial charge in [0.2, 0.25) is 0 Å². The summed E-state index contributed by atoms with van der Waals surface area (Å²) in [6.07, 6.45) is 1.77. The van der Waals surface area contributed by atoms with Crippen molar-refractivity contribution < 1.29 is 4.39 Å². The first-order valence-corrected chi connectivity index (χ1v) is 4.38. The number of thiol groups is 1. The lowest BCUT2D eigenvalue weighted by atomic mass is 10.3. The van der Waals surface area contributed by atoms with E-state index in [1.54, 1.807) is 0 Å². The highest BCUT2D eigenvalue weighted by atomic mass is 32.1. The number of aromatic nitrogens is 1. The second kappa shape index (κ2) is 4.73. The topological polar surface area (TPSA) is 38.9 Å². The zero-order chi connectivity index (χ0) is 9.68. The first kappa shape index (κ1) is 9.87. The largest absolute Gasteiger partial charge is 0.396 e. The fraction of sp³-hybridized carbons (Fsp3) is 0.222. The van der Waals surface area contributed by atoms with Gasteiger partial charge in [-0.05, 0) is 5.92 Å². The van der Waals surface area contributed by atoms with Crippen LogP contribution in [0, 0.1) is 17.7 Å². The molecular weight excluding hydrogens is 187 g/mol. The van der Waals surface area contributed by atoms with Gasteiger partial charge in [0.05, 0.1) is 11.9 Å². The SMILES string of the molecule is Nc1cc(F)cnc1C#CCCS. The Hall–Kier alpha value is -1.21. The average molecular weight is 196 g/mol. The van der Waals surface area contributed by atoms with Gasteiger partial charge in [0.15, 0.2) is 0 Å². The van der Waals surface area contributed by atoms with Gasteiger partial charge in [-0.3, -0.25) is 0 Å². The summed E-state index contributed by atoms with van der Waals surface area (Å²) in [5.41, 5.74) is 6.17. The summed E-state index contributed by atoms with van der Waals surface area (Å²) in [4.78, 5) is 3.75. The first-order valence-electron chi connectivity index (χ1n) is 3.75. The van der Waals surface area contributed by atoms with Crippen LogP contribution < -0.4 is 5.73 Å². The highest BCUT2D eigenvalue weighted by Crippen LogP contribution is 2.08. The molecule has 0 amide bonds. The first-order chi connectivity index (χ1) is 6.24. The summed E-state index contributed by atoms with van der Waals surface area (Å²) < 4.78 is 12.5. The number of rotatable bonds is 1. The van der Waals surface area contributed by atoms with Crippen LogP contribution >= 0.6 is 12.6 Å². The highest BCUT2D eigenvalue weighted by Gasteiger charge is 1.97. The van der Waals surface area contributed by atoms with Gasteiger partial charge in [0, 0.05) is 18.2 Å². The van der Waals surface area contributed by atoms with Crippen molar-refractivity contribution in [2.24, 2.45) is 0 Å². The normalized spacial score (nSPS) is 9.08. The molecule has 0 saturated carbocycles. The van der Waals surface area contributed by atoms with E-state index in [0.29, 0.717) is 17.9 Å². The molecule has 0 unspecified atom stereocenters. The summed E-state index contributed by atoms with van der Waals surface area (Å²) in [6.45, 7) is 0. The molecule has 2 nitrogen and oxygen atoms in total. The molecule has 4 heteroatoms. The number of nitrogens with zero attached hydrogens (tertiary/aromatic N) is 1. The van der Waals surface area contributed by atoms with E-state index in [9.17, 15) is 4.39 Å². The van der Waals surface area contributed by atoms with Gasteiger partial charge in [-0.1, -0.05) is 5.92 Å². The summed E-state index contributed by atoms with van der Waals surface area (Å²) in [5, 5.41) is 0. The Bertz CT molecular complexity index is 354. The minimum Gasteiger partial charge on any atom is -0.396 e. The van der Waals surface area contributed by atoms with Crippen molar-refractivity contribution in [3.63, 3.8) is 0 Å². The summed E-state index contributed by atoms with van der Waals surface area (Å²) in [7, 11) is 0. The number of hydrogen-bond acceptors (Lipinski definition) is 3. The van der Waals surface area contributed by atoms with Gasteiger partial charge in [-0.15, -0.1) is 0 Å². The smallest absolute Gasteiger partial charge is 0.143 e. The lowest BCUT2D eigenvalue weighted by Gasteiger charge is -1.95. The van der Waals surface area contributed by atoms with Crippen LogP contribution in [0.5, 0.6) is 0 Å². The van der Waals surface area contributed by atoms with Crippen LogP contribution in [-0.2, 0) is 0 Å². The highest BCUT2D eigenvalue weighted by molar-refractivity contribution is 7.80. The van der Waals surface area contributed by atoms with Crippen molar-refractivity contribution in [2.45, 2.75) is 6.42 Å². The fourth-order valence-electron chi connectivity index (χ4n) is 0.761. The Kier molecular flexibility index (Phi) is 3.59.